The van der Waals surface area contributed by atoms with Gasteiger partial charge in [-0.15, -0.1) is 0 Å². The number of hydrogen-bond acceptors (Lipinski definition) is 3. The fourth-order valence-electron chi connectivity index (χ4n) is 1.15. The molecule has 0 bridgehead atoms. The Bertz CT molecular complexity index is 147. The van der Waals surface area contributed by atoms with Crippen molar-refractivity contribution in [3.63, 3.8) is 0 Å². The molecule has 96 valence electrons. The van der Waals surface area contributed by atoms with E-state index in [1.54, 1.807) is 0 Å². The summed E-state index contributed by atoms with van der Waals surface area (Å²) in [5, 5.41) is 9.19. The third kappa shape index (κ3) is 10.1. The topological polar surface area (TPSA) is 38.7 Å². The number of rotatable bonds is 10. The van der Waals surface area contributed by atoms with Crippen LogP contribution < -0.4 is 0 Å². The lowest BCUT2D eigenvalue weighted by Gasteiger charge is -2.16. The zero-order chi connectivity index (χ0) is 12.4. The highest BCUT2D eigenvalue weighted by molar-refractivity contribution is 9.09. The first-order valence-corrected chi connectivity index (χ1v) is 7.70. The van der Waals surface area contributed by atoms with Gasteiger partial charge in [-0.25, -0.2) is 0 Å². The van der Waals surface area contributed by atoms with Gasteiger partial charge in [0.1, 0.15) is 10.0 Å². The minimum atomic E-state index is -1.16. The zero-order valence-corrected chi connectivity index (χ0v) is 13.2. The summed E-state index contributed by atoms with van der Waals surface area (Å²) in [5.41, 5.74) is 0. The zero-order valence-electron chi connectivity index (χ0n) is 9.99. The Morgan fingerprint density at radius 3 is 1.69 bits per heavy atom. The summed E-state index contributed by atoms with van der Waals surface area (Å²) in [5.74, 6) is 0. The van der Waals surface area contributed by atoms with Gasteiger partial charge < -0.3 is 14.3 Å². The molecule has 0 heterocycles. The molecule has 0 aromatic carbocycles. The fraction of sp³-hybridized carbons (Fsp3) is 1.00. The maximum Gasteiger partial charge on any atom is 0.638 e. The van der Waals surface area contributed by atoms with Crippen LogP contribution in [0.4, 0.5) is 0 Å². The molecule has 0 saturated heterocycles. The molecular formula is C10H21BBr2O3. The smallest absolute Gasteiger partial charge is 0.402 e. The molecule has 2 atom stereocenters. The first-order valence-electron chi connectivity index (χ1n) is 5.87. The Morgan fingerprint density at radius 1 is 1.00 bits per heavy atom. The number of alkyl halides is 2. The Morgan fingerprint density at radius 2 is 1.38 bits per heavy atom. The summed E-state index contributed by atoms with van der Waals surface area (Å²) < 4.78 is 10.4. The predicted octanol–water partition coefficient (Wildman–Crippen LogP) is 3.82. The number of hydrogen-bond donors (Lipinski definition) is 1. The predicted molar refractivity (Wildman–Crippen MR) is 74.6 cm³/mol. The summed E-state index contributed by atoms with van der Waals surface area (Å²) >= 11 is 6.69. The van der Waals surface area contributed by atoms with E-state index in [0.717, 1.165) is 38.5 Å². The average molecular weight is 360 g/mol. The molecule has 16 heavy (non-hydrogen) atoms. The van der Waals surface area contributed by atoms with E-state index in [9.17, 15) is 5.02 Å². The molecule has 2 unspecified atom stereocenters. The van der Waals surface area contributed by atoms with E-state index < -0.39 is 7.32 Å². The molecule has 3 nitrogen and oxygen atoms in total. The molecule has 0 aliphatic rings. The summed E-state index contributed by atoms with van der Waals surface area (Å²) in [6.07, 6.45) is 6.10. The Labute approximate surface area is 116 Å². The third-order valence-electron chi connectivity index (χ3n) is 2.10. The molecule has 6 heteroatoms. The van der Waals surface area contributed by atoms with Crippen LogP contribution in [0.2, 0.25) is 0 Å². The highest BCUT2D eigenvalue weighted by Crippen LogP contribution is 2.16. The van der Waals surface area contributed by atoms with E-state index >= 15 is 0 Å². The van der Waals surface area contributed by atoms with E-state index in [0.29, 0.717) is 0 Å². The van der Waals surface area contributed by atoms with Gasteiger partial charge in [0, 0.05) is 0 Å². The van der Waals surface area contributed by atoms with Crippen LogP contribution in [0.1, 0.15) is 52.4 Å². The van der Waals surface area contributed by atoms with E-state index in [2.05, 4.69) is 45.7 Å². The average Bonchev–Trinajstić information content (AvgIpc) is 2.23. The second-order valence-electron chi connectivity index (χ2n) is 3.68. The van der Waals surface area contributed by atoms with Crippen LogP contribution in [0.5, 0.6) is 0 Å². The van der Waals surface area contributed by atoms with Crippen LogP contribution in [0.3, 0.4) is 0 Å². The van der Waals surface area contributed by atoms with Crippen LogP contribution >= 0.6 is 31.9 Å². The molecule has 0 rings (SSSR count). The first kappa shape index (κ1) is 16.9. The van der Waals surface area contributed by atoms with Crippen LogP contribution in [0, 0.1) is 0 Å². The molecule has 0 aliphatic heterocycles. The van der Waals surface area contributed by atoms with Crippen molar-refractivity contribution in [1.82, 2.24) is 0 Å². The highest BCUT2D eigenvalue weighted by atomic mass is 79.9. The normalized spacial score (nSPS) is 14.8. The lowest BCUT2D eigenvalue weighted by molar-refractivity contribution is 0.109. The molecule has 0 radical (unpaired) electrons. The molecule has 0 saturated carbocycles. The largest absolute Gasteiger partial charge is 0.638 e. The minimum Gasteiger partial charge on any atom is -0.402 e. The van der Waals surface area contributed by atoms with Gasteiger partial charge >= 0.3 is 7.32 Å². The Hall–Kier alpha value is 0.905. The molecule has 0 fully saturated rings. The summed E-state index contributed by atoms with van der Waals surface area (Å²) in [7, 11) is -1.16. The summed E-state index contributed by atoms with van der Waals surface area (Å²) in [6.45, 7) is 4.23. The van der Waals surface area contributed by atoms with Crippen LogP contribution in [-0.2, 0) is 9.31 Å². The molecule has 0 spiro atoms. The van der Waals surface area contributed by atoms with Crippen molar-refractivity contribution >= 4 is 39.2 Å². The van der Waals surface area contributed by atoms with Crippen LogP contribution in [0.15, 0.2) is 0 Å². The molecule has 0 amide bonds. The monoisotopic (exact) mass is 358 g/mol. The maximum absolute atomic E-state index is 9.48. The Balaban J connectivity index is 3.58. The van der Waals surface area contributed by atoms with Crippen LogP contribution in [-0.4, -0.2) is 22.4 Å². The maximum atomic E-state index is 9.48. The van der Waals surface area contributed by atoms with Crippen molar-refractivity contribution in [1.29, 1.82) is 0 Å². The number of unbranched alkanes of at least 4 members (excludes halogenated alkanes) is 2. The van der Waals surface area contributed by atoms with Crippen molar-refractivity contribution in [2.75, 3.05) is 0 Å². The first-order chi connectivity index (χ1) is 7.60. The van der Waals surface area contributed by atoms with Crippen LogP contribution in [0.25, 0.3) is 0 Å². The minimum absolute atomic E-state index is 0.145. The second-order valence-corrected chi connectivity index (χ2v) is 5.73. The van der Waals surface area contributed by atoms with Gasteiger partial charge in [0.05, 0.1) is 0 Å². The third-order valence-corrected chi connectivity index (χ3v) is 3.44. The van der Waals surface area contributed by atoms with Crippen molar-refractivity contribution in [3.8, 4) is 0 Å². The van der Waals surface area contributed by atoms with Gasteiger partial charge in [0.2, 0.25) is 0 Å². The highest BCUT2D eigenvalue weighted by Gasteiger charge is 2.23. The van der Waals surface area contributed by atoms with E-state index in [1.165, 1.54) is 0 Å². The lowest BCUT2D eigenvalue weighted by atomic mass is 10.2. The Kier molecular flexibility index (Phi) is 11.6. The fourth-order valence-corrected chi connectivity index (χ4v) is 2.17. The summed E-state index contributed by atoms with van der Waals surface area (Å²) in [4.78, 5) is 0. The number of halogens is 2. The molecule has 0 aromatic rings. The van der Waals surface area contributed by atoms with Gasteiger partial charge in [-0.1, -0.05) is 71.4 Å². The lowest BCUT2D eigenvalue weighted by Crippen LogP contribution is -2.29. The SMILES string of the molecule is CCCCC(Br)OB(O)OC(Br)CCCC. The quantitative estimate of drug-likeness (QED) is 0.476. The van der Waals surface area contributed by atoms with Crippen molar-refractivity contribution in [3.05, 3.63) is 0 Å². The standard InChI is InChI=1S/C10H21BBr2O3/c1-3-5-7-9(12)15-11(14)16-10(13)8-6-4-2/h9-10,14H,3-8H2,1-2H3. The van der Waals surface area contributed by atoms with Gasteiger partial charge in [0.15, 0.2) is 0 Å². The van der Waals surface area contributed by atoms with E-state index in [-0.39, 0.29) is 10.0 Å². The van der Waals surface area contributed by atoms with Gasteiger partial charge in [0.25, 0.3) is 0 Å². The summed E-state index contributed by atoms with van der Waals surface area (Å²) in [6, 6.07) is 0. The van der Waals surface area contributed by atoms with Crippen molar-refractivity contribution < 1.29 is 14.3 Å². The van der Waals surface area contributed by atoms with Gasteiger partial charge in [-0.2, -0.15) is 0 Å². The molecule has 0 aromatic heterocycles. The second kappa shape index (κ2) is 11.0. The van der Waals surface area contributed by atoms with Gasteiger partial charge in [-0.05, 0) is 12.8 Å². The van der Waals surface area contributed by atoms with Crippen molar-refractivity contribution in [2.45, 2.75) is 62.4 Å². The van der Waals surface area contributed by atoms with Crippen molar-refractivity contribution in [2.24, 2.45) is 0 Å². The van der Waals surface area contributed by atoms with Gasteiger partial charge in [-0.3, -0.25) is 0 Å². The molecular weight excluding hydrogens is 339 g/mol. The van der Waals surface area contributed by atoms with E-state index in [1.807, 2.05) is 0 Å². The molecule has 1 N–H and O–H groups in total. The van der Waals surface area contributed by atoms with E-state index in [4.69, 9.17) is 9.31 Å². The molecule has 0 aliphatic carbocycles.